The van der Waals surface area contributed by atoms with Gasteiger partial charge in [0.15, 0.2) is 5.78 Å². The van der Waals surface area contributed by atoms with Crippen molar-refractivity contribution in [2.24, 2.45) is 0 Å². The van der Waals surface area contributed by atoms with Gasteiger partial charge in [-0.05, 0) is 54.0 Å². The lowest BCUT2D eigenvalue weighted by atomic mass is 9.96. The van der Waals surface area contributed by atoms with Gasteiger partial charge in [-0.1, -0.05) is 43.3 Å². The number of rotatable bonds is 6. The number of Topliss-reactive ketones (excluding diaryl/α,β-unsaturated/α-hetero) is 1. The molecule has 3 nitrogen and oxygen atoms in total. The van der Waals surface area contributed by atoms with Crippen LogP contribution in [0.25, 0.3) is 11.1 Å². The maximum Gasteiger partial charge on any atom is 0.331 e. The fourth-order valence-electron chi connectivity index (χ4n) is 3.41. The number of hydrogen-bond acceptors (Lipinski definition) is 2. The van der Waals surface area contributed by atoms with Gasteiger partial charge in [0.2, 0.25) is 0 Å². The summed E-state index contributed by atoms with van der Waals surface area (Å²) in [7, 11) is 0. The summed E-state index contributed by atoms with van der Waals surface area (Å²) >= 11 is 0. The Morgan fingerprint density at radius 3 is 2.46 bits per heavy atom. The van der Waals surface area contributed by atoms with Crippen LogP contribution in [-0.4, -0.2) is 16.9 Å². The Morgan fingerprint density at radius 2 is 1.77 bits per heavy atom. The van der Waals surface area contributed by atoms with E-state index >= 15 is 0 Å². The number of aliphatic carboxylic acids is 1. The Bertz CT molecular complexity index is 896. The summed E-state index contributed by atoms with van der Waals surface area (Å²) in [5.74, 6) is -1.77. The number of carbonyl (C=O) groups is 2. The van der Waals surface area contributed by atoms with Gasteiger partial charge in [0.1, 0.15) is 5.82 Å². The molecular weight excluding hydrogens is 331 g/mol. The second kappa shape index (κ2) is 7.65. The van der Waals surface area contributed by atoms with E-state index in [0.717, 1.165) is 17.5 Å². The quantitative estimate of drug-likeness (QED) is 0.817. The summed E-state index contributed by atoms with van der Waals surface area (Å²) < 4.78 is 14.5. The van der Waals surface area contributed by atoms with Crippen molar-refractivity contribution in [3.63, 3.8) is 0 Å². The summed E-state index contributed by atoms with van der Waals surface area (Å²) in [6.07, 6.45) is 2.34. The molecule has 2 aromatic rings. The van der Waals surface area contributed by atoms with Crippen molar-refractivity contribution in [1.82, 2.24) is 0 Å². The van der Waals surface area contributed by atoms with E-state index in [4.69, 9.17) is 0 Å². The fraction of sp³-hybridized carbons (Fsp3) is 0.273. The molecule has 0 saturated carbocycles. The van der Waals surface area contributed by atoms with Crippen molar-refractivity contribution in [2.45, 2.75) is 39.0 Å². The largest absolute Gasteiger partial charge is 0.478 e. The molecule has 0 saturated heterocycles. The molecular formula is C22H21FO3. The first-order chi connectivity index (χ1) is 12.5. The van der Waals surface area contributed by atoms with E-state index < -0.39 is 11.8 Å². The highest BCUT2D eigenvalue weighted by molar-refractivity contribution is 6.04. The van der Waals surface area contributed by atoms with Gasteiger partial charge in [-0.3, -0.25) is 4.79 Å². The minimum Gasteiger partial charge on any atom is -0.478 e. The summed E-state index contributed by atoms with van der Waals surface area (Å²) in [6, 6.07) is 12.8. The molecule has 0 amide bonds. The second-order valence-corrected chi connectivity index (χ2v) is 6.58. The molecule has 26 heavy (non-hydrogen) atoms. The Morgan fingerprint density at radius 1 is 1.04 bits per heavy atom. The van der Waals surface area contributed by atoms with E-state index in [1.54, 1.807) is 6.07 Å². The van der Waals surface area contributed by atoms with Gasteiger partial charge in [0, 0.05) is 17.6 Å². The molecule has 0 spiro atoms. The highest BCUT2D eigenvalue weighted by atomic mass is 19.1. The summed E-state index contributed by atoms with van der Waals surface area (Å²) in [5.41, 5.74) is 3.71. The predicted molar refractivity (Wildman–Crippen MR) is 98.4 cm³/mol. The van der Waals surface area contributed by atoms with Crippen molar-refractivity contribution in [1.29, 1.82) is 0 Å². The number of hydrogen-bond donors (Lipinski definition) is 1. The number of carbonyl (C=O) groups excluding carboxylic acids is 1. The van der Waals surface area contributed by atoms with Crippen LogP contribution in [0.2, 0.25) is 0 Å². The lowest BCUT2D eigenvalue weighted by molar-refractivity contribution is -0.133. The third-order valence-corrected chi connectivity index (χ3v) is 4.89. The predicted octanol–water partition coefficient (Wildman–Crippen LogP) is 4.73. The van der Waals surface area contributed by atoms with Gasteiger partial charge in [0.05, 0.1) is 0 Å². The molecule has 1 aliphatic carbocycles. The van der Waals surface area contributed by atoms with Crippen molar-refractivity contribution >= 4 is 11.8 Å². The monoisotopic (exact) mass is 352 g/mol. The molecule has 1 N–H and O–H groups in total. The minimum atomic E-state index is -1.04. The zero-order chi connectivity index (χ0) is 18.7. The van der Waals surface area contributed by atoms with Gasteiger partial charge >= 0.3 is 5.97 Å². The zero-order valence-corrected chi connectivity index (χ0v) is 14.7. The molecule has 0 radical (unpaired) electrons. The normalized spacial score (nSPS) is 13.9. The molecule has 0 aliphatic heterocycles. The molecule has 134 valence electrons. The third kappa shape index (κ3) is 3.74. The molecule has 0 unspecified atom stereocenters. The Kier molecular flexibility index (Phi) is 5.31. The van der Waals surface area contributed by atoms with Crippen LogP contribution in [0.4, 0.5) is 4.39 Å². The van der Waals surface area contributed by atoms with Gasteiger partial charge in [-0.25, -0.2) is 9.18 Å². The van der Waals surface area contributed by atoms with Crippen molar-refractivity contribution in [3.05, 3.63) is 70.6 Å². The van der Waals surface area contributed by atoms with Gasteiger partial charge < -0.3 is 5.11 Å². The topological polar surface area (TPSA) is 54.4 Å². The van der Waals surface area contributed by atoms with E-state index in [1.807, 2.05) is 30.3 Å². The molecule has 0 fully saturated rings. The summed E-state index contributed by atoms with van der Waals surface area (Å²) in [4.78, 5) is 23.6. The van der Waals surface area contributed by atoms with E-state index in [1.165, 1.54) is 11.6 Å². The highest BCUT2D eigenvalue weighted by Crippen LogP contribution is 2.29. The van der Waals surface area contributed by atoms with Crippen molar-refractivity contribution < 1.29 is 19.1 Å². The summed E-state index contributed by atoms with van der Waals surface area (Å²) in [6.45, 7) is 2.07. The molecule has 2 aromatic carbocycles. The molecule has 3 rings (SSSR count). The number of allylic oxidation sites excluding steroid dienone is 1. The molecule has 0 bridgehead atoms. The van der Waals surface area contributed by atoms with Gasteiger partial charge in [-0.15, -0.1) is 0 Å². The van der Waals surface area contributed by atoms with Crippen LogP contribution in [0.1, 0.15) is 37.3 Å². The molecule has 4 heteroatoms. The number of halogens is 1. The Labute approximate surface area is 152 Å². The second-order valence-electron chi connectivity index (χ2n) is 6.58. The third-order valence-electron chi connectivity index (χ3n) is 4.89. The molecule has 1 aliphatic rings. The first-order valence-electron chi connectivity index (χ1n) is 8.86. The van der Waals surface area contributed by atoms with Crippen LogP contribution in [0, 0.1) is 5.82 Å². The lowest BCUT2D eigenvalue weighted by Crippen LogP contribution is -2.11. The van der Waals surface area contributed by atoms with Crippen molar-refractivity contribution in [2.75, 3.05) is 0 Å². The Hall–Kier alpha value is -2.75. The number of benzene rings is 2. The summed E-state index contributed by atoms with van der Waals surface area (Å²) in [5, 5.41) is 9.17. The van der Waals surface area contributed by atoms with Crippen LogP contribution < -0.4 is 0 Å². The average Bonchev–Trinajstić information content (AvgIpc) is 3.13. The van der Waals surface area contributed by atoms with Crippen LogP contribution >= 0.6 is 0 Å². The SMILES string of the molecule is CCc1cccc(-c2ccc(CC(=O)C3=C(C(=O)O)CCC3)c(F)c2)c1. The van der Waals surface area contributed by atoms with E-state index in [0.29, 0.717) is 30.4 Å². The van der Waals surface area contributed by atoms with Crippen LogP contribution in [-0.2, 0) is 22.4 Å². The Balaban J connectivity index is 1.83. The standard InChI is InChI=1S/C22H21FO3/c1-2-14-5-3-6-15(11-14)16-9-10-17(20(23)12-16)13-21(24)18-7-4-8-19(18)22(25)26/h3,5-6,9-12H,2,4,7-8,13H2,1H3,(H,25,26). The van der Waals surface area contributed by atoms with E-state index in [-0.39, 0.29) is 17.8 Å². The van der Waals surface area contributed by atoms with E-state index in [9.17, 15) is 19.1 Å². The highest BCUT2D eigenvalue weighted by Gasteiger charge is 2.25. The van der Waals surface area contributed by atoms with Gasteiger partial charge in [0.25, 0.3) is 0 Å². The van der Waals surface area contributed by atoms with E-state index in [2.05, 4.69) is 6.92 Å². The fourth-order valence-corrected chi connectivity index (χ4v) is 3.41. The number of carboxylic acid groups (broad SMARTS) is 1. The lowest BCUT2D eigenvalue weighted by Gasteiger charge is -2.08. The number of aryl methyl sites for hydroxylation is 1. The van der Waals surface area contributed by atoms with Crippen LogP contribution in [0.3, 0.4) is 0 Å². The van der Waals surface area contributed by atoms with Crippen molar-refractivity contribution in [3.8, 4) is 11.1 Å². The zero-order valence-electron chi connectivity index (χ0n) is 14.7. The molecule has 0 atom stereocenters. The molecule has 0 aromatic heterocycles. The smallest absolute Gasteiger partial charge is 0.331 e. The first kappa shape index (κ1) is 18.1. The number of ketones is 1. The number of carboxylic acids is 1. The average molecular weight is 352 g/mol. The minimum absolute atomic E-state index is 0.104. The van der Waals surface area contributed by atoms with Gasteiger partial charge in [-0.2, -0.15) is 0 Å². The maximum atomic E-state index is 14.5. The first-order valence-corrected chi connectivity index (χ1v) is 8.86. The molecule has 0 heterocycles. The van der Waals surface area contributed by atoms with Crippen LogP contribution in [0.5, 0.6) is 0 Å². The maximum absolute atomic E-state index is 14.5. The van der Waals surface area contributed by atoms with Crippen LogP contribution in [0.15, 0.2) is 53.6 Å².